The molecule has 3 unspecified atom stereocenters. The van der Waals surface area contributed by atoms with E-state index in [1.165, 1.54) is 11.8 Å². The maximum atomic E-state index is 12.6. The lowest BCUT2D eigenvalue weighted by Crippen LogP contribution is -2.56. The second kappa shape index (κ2) is 15.4. The fraction of sp³-hybridized carbons (Fsp3) is 0.750. The smallest absolute Gasteiger partial charge is 0.327 e. The van der Waals surface area contributed by atoms with E-state index in [9.17, 15) is 19.2 Å². The number of aliphatic carboxylic acids is 1. The predicted molar refractivity (Wildman–Crippen MR) is 112 cm³/mol. The molecule has 0 rings (SSSR count). The number of thioether (sulfide) groups is 1. The summed E-state index contributed by atoms with van der Waals surface area (Å²) < 4.78 is 0. The molecule has 3 amide bonds. The number of nitrogens with two attached hydrogens (primary N) is 2. The van der Waals surface area contributed by atoms with Crippen molar-refractivity contribution in [2.24, 2.45) is 11.5 Å². The number of carboxylic acids is 1. The van der Waals surface area contributed by atoms with Crippen molar-refractivity contribution < 1.29 is 24.3 Å². The topological polar surface area (TPSA) is 177 Å². The highest BCUT2D eigenvalue weighted by Crippen LogP contribution is 2.06. The highest BCUT2D eigenvalue weighted by Gasteiger charge is 2.28. The van der Waals surface area contributed by atoms with Crippen molar-refractivity contribution in [1.82, 2.24) is 16.0 Å². The molecule has 0 spiro atoms. The number of thiol groups is 1. The van der Waals surface area contributed by atoms with Crippen LogP contribution in [0.25, 0.3) is 0 Å². The zero-order chi connectivity index (χ0) is 21.5. The molecule has 28 heavy (non-hydrogen) atoms. The van der Waals surface area contributed by atoms with Crippen LogP contribution >= 0.6 is 24.4 Å². The van der Waals surface area contributed by atoms with Crippen LogP contribution in [0.1, 0.15) is 25.7 Å². The van der Waals surface area contributed by atoms with Gasteiger partial charge >= 0.3 is 5.97 Å². The number of hydrogen-bond donors (Lipinski definition) is 7. The van der Waals surface area contributed by atoms with Crippen LogP contribution in [0.4, 0.5) is 0 Å². The van der Waals surface area contributed by atoms with Crippen LogP contribution in [0.5, 0.6) is 0 Å². The minimum atomic E-state index is -1.21. The molecule has 12 heteroatoms. The van der Waals surface area contributed by atoms with Crippen LogP contribution in [0.3, 0.4) is 0 Å². The first-order valence-corrected chi connectivity index (χ1v) is 11.0. The molecular weight excluding hydrogens is 406 g/mol. The number of carbonyl (C=O) groups is 4. The molecule has 3 atom stereocenters. The Kier molecular flexibility index (Phi) is 14.6. The Morgan fingerprint density at radius 2 is 1.54 bits per heavy atom. The average molecular weight is 438 g/mol. The third-order valence-electron chi connectivity index (χ3n) is 3.82. The van der Waals surface area contributed by atoms with Gasteiger partial charge in [0.15, 0.2) is 0 Å². The summed E-state index contributed by atoms with van der Waals surface area (Å²) in [5.41, 5.74) is 10.8. The van der Waals surface area contributed by atoms with Crippen LogP contribution in [0, 0.1) is 0 Å². The van der Waals surface area contributed by atoms with Crippen LogP contribution in [0.15, 0.2) is 0 Å². The largest absolute Gasteiger partial charge is 0.480 e. The normalized spacial score (nSPS) is 13.9. The van der Waals surface area contributed by atoms with Crippen LogP contribution in [-0.4, -0.2) is 77.8 Å². The predicted octanol–water partition coefficient (Wildman–Crippen LogP) is -1.70. The first kappa shape index (κ1) is 26.5. The van der Waals surface area contributed by atoms with Crippen molar-refractivity contribution in [2.45, 2.75) is 43.8 Å². The van der Waals surface area contributed by atoms with Crippen LogP contribution in [-0.2, 0) is 19.2 Å². The minimum Gasteiger partial charge on any atom is -0.480 e. The van der Waals surface area contributed by atoms with Gasteiger partial charge in [-0.05, 0) is 44.2 Å². The Bertz CT molecular complexity index is 524. The minimum absolute atomic E-state index is 0.0848. The van der Waals surface area contributed by atoms with Crippen molar-refractivity contribution in [1.29, 1.82) is 0 Å². The summed E-state index contributed by atoms with van der Waals surface area (Å²) in [7, 11) is 0. The van der Waals surface area contributed by atoms with Gasteiger partial charge in [-0.1, -0.05) is 0 Å². The number of hydrogen-bond acceptors (Lipinski definition) is 8. The van der Waals surface area contributed by atoms with E-state index in [0.717, 1.165) is 0 Å². The SMILES string of the molecule is CSCCC(NC(=O)C(CCCCN)NC(=O)CN)C(=O)NC(CS)C(=O)O. The molecule has 0 saturated heterocycles. The van der Waals surface area contributed by atoms with Gasteiger partial charge in [0, 0.05) is 5.75 Å². The Morgan fingerprint density at radius 3 is 2.00 bits per heavy atom. The molecule has 0 fully saturated rings. The number of rotatable bonds is 15. The monoisotopic (exact) mass is 437 g/mol. The first-order chi connectivity index (χ1) is 13.3. The number of nitrogens with one attached hydrogen (secondary N) is 3. The lowest BCUT2D eigenvalue weighted by molar-refractivity contribution is -0.141. The third-order valence-corrected chi connectivity index (χ3v) is 4.83. The van der Waals surface area contributed by atoms with Crippen molar-refractivity contribution in [3.8, 4) is 0 Å². The van der Waals surface area contributed by atoms with Gasteiger partial charge in [0.1, 0.15) is 18.1 Å². The zero-order valence-electron chi connectivity index (χ0n) is 16.0. The summed E-state index contributed by atoms with van der Waals surface area (Å²) >= 11 is 5.39. The molecule has 0 aliphatic carbocycles. The van der Waals surface area contributed by atoms with Gasteiger partial charge in [-0.15, -0.1) is 0 Å². The summed E-state index contributed by atoms with van der Waals surface area (Å²) in [5, 5.41) is 16.6. The Labute approximate surface area is 174 Å². The van der Waals surface area contributed by atoms with E-state index in [0.29, 0.717) is 38.0 Å². The second-order valence-electron chi connectivity index (χ2n) is 6.03. The molecule has 0 heterocycles. The molecule has 0 saturated carbocycles. The molecule has 162 valence electrons. The lowest BCUT2D eigenvalue weighted by Gasteiger charge is -2.24. The average Bonchev–Trinajstić information content (AvgIpc) is 2.67. The number of carboxylic acid groups (broad SMARTS) is 1. The molecule has 0 aliphatic rings. The van der Waals surface area contributed by atoms with E-state index in [-0.39, 0.29) is 12.3 Å². The maximum absolute atomic E-state index is 12.6. The van der Waals surface area contributed by atoms with Crippen molar-refractivity contribution in [3.63, 3.8) is 0 Å². The second-order valence-corrected chi connectivity index (χ2v) is 7.38. The highest BCUT2D eigenvalue weighted by molar-refractivity contribution is 7.98. The molecule has 0 aliphatic heterocycles. The van der Waals surface area contributed by atoms with Gasteiger partial charge in [0.05, 0.1) is 6.54 Å². The van der Waals surface area contributed by atoms with Crippen molar-refractivity contribution in [3.05, 3.63) is 0 Å². The summed E-state index contributed by atoms with van der Waals surface area (Å²) in [6.07, 6.45) is 3.79. The van der Waals surface area contributed by atoms with Gasteiger partial charge in [-0.2, -0.15) is 24.4 Å². The first-order valence-electron chi connectivity index (χ1n) is 8.93. The van der Waals surface area contributed by atoms with Crippen molar-refractivity contribution in [2.75, 3.05) is 30.9 Å². The molecule has 10 nitrogen and oxygen atoms in total. The quantitative estimate of drug-likeness (QED) is 0.117. The Hall–Kier alpha value is -1.50. The van der Waals surface area contributed by atoms with Gasteiger partial charge in [0.25, 0.3) is 0 Å². The van der Waals surface area contributed by atoms with E-state index in [1.807, 2.05) is 6.26 Å². The van der Waals surface area contributed by atoms with Gasteiger partial charge < -0.3 is 32.5 Å². The van der Waals surface area contributed by atoms with E-state index >= 15 is 0 Å². The zero-order valence-corrected chi connectivity index (χ0v) is 17.7. The lowest BCUT2D eigenvalue weighted by atomic mass is 10.1. The van der Waals surface area contributed by atoms with E-state index in [1.54, 1.807) is 0 Å². The Morgan fingerprint density at radius 1 is 0.964 bits per heavy atom. The summed E-state index contributed by atoms with van der Waals surface area (Å²) in [6.45, 7) is 0.192. The fourth-order valence-electron chi connectivity index (χ4n) is 2.25. The molecule has 0 bridgehead atoms. The summed E-state index contributed by atoms with van der Waals surface area (Å²) in [6, 6.07) is -2.96. The third kappa shape index (κ3) is 10.7. The van der Waals surface area contributed by atoms with Gasteiger partial charge in [-0.3, -0.25) is 14.4 Å². The van der Waals surface area contributed by atoms with Gasteiger partial charge in [-0.25, -0.2) is 4.79 Å². The molecule has 0 aromatic rings. The number of amides is 3. The van der Waals surface area contributed by atoms with Crippen LogP contribution < -0.4 is 27.4 Å². The molecule has 8 N–H and O–H groups in total. The van der Waals surface area contributed by atoms with Crippen molar-refractivity contribution >= 4 is 48.1 Å². The highest BCUT2D eigenvalue weighted by atomic mass is 32.2. The maximum Gasteiger partial charge on any atom is 0.327 e. The molecule has 0 aromatic carbocycles. The van der Waals surface area contributed by atoms with Crippen LogP contribution in [0.2, 0.25) is 0 Å². The van der Waals surface area contributed by atoms with Gasteiger partial charge in [0.2, 0.25) is 17.7 Å². The summed E-state index contributed by atoms with van der Waals surface area (Å²) in [4.78, 5) is 47.8. The molecule has 0 aromatic heterocycles. The fourth-order valence-corrected chi connectivity index (χ4v) is 2.97. The molecular formula is C16H31N5O5S2. The van der Waals surface area contributed by atoms with E-state index < -0.39 is 41.8 Å². The number of unbranched alkanes of at least 4 members (excludes halogenated alkanes) is 1. The van der Waals surface area contributed by atoms with E-state index in [4.69, 9.17) is 16.6 Å². The molecule has 0 radical (unpaired) electrons. The number of carbonyl (C=O) groups excluding carboxylic acids is 3. The van der Waals surface area contributed by atoms with E-state index in [2.05, 4.69) is 28.6 Å². The summed E-state index contributed by atoms with van der Waals surface area (Å²) in [5.74, 6) is -2.36. The standard InChI is InChI=1S/C16H31N5O5S2/c1-28-7-5-11(15(24)21-12(9-27)16(25)26)20-14(23)10(4-2-3-6-17)19-13(22)8-18/h10-12,27H,2-9,17-18H2,1H3,(H,19,22)(H,20,23)(H,21,24)(H,25,26). The Balaban J connectivity index is 5.15.